The number of amides is 1. The fourth-order valence-electron chi connectivity index (χ4n) is 3.51. The first-order valence-electron chi connectivity index (χ1n) is 9.59. The zero-order valence-electron chi connectivity index (χ0n) is 15.5. The van der Waals surface area contributed by atoms with E-state index in [9.17, 15) is 18.4 Å². The van der Waals surface area contributed by atoms with Gasteiger partial charge in [-0.3, -0.25) is 14.6 Å². The number of aromatic nitrogens is 2. The molecule has 0 radical (unpaired) electrons. The summed E-state index contributed by atoms with van der Waals surface area (Å²) in [6.45, 7) is 1.97. The number of nitrogens with one attached hydrogen (secondary N) is 1. The van der Waals surface area contributed by atoms with Gasteiger partial charge >= 0.3 is 0 Å². The maximum atomic E-state index is 14.0. The minimum Gasteiger partial charge on any atom is -0.339 e. The van der Waals surface area contributed by atoms with E-state index >= 15 is 0 Å². The van der Waals surface area contributed by atoms with Gasteiger partial charge in [0.05, 0.1) is 5.69 Å². The van der Waals surface area contributed by atoms with Crippen LogP contribution in [-0.4, -0.2) is 47.0 Å². The number of aromatic amines is 1. The quantitative estimate of drug-likeness (QED) is 0.853. The van der Waals surface area contributed by atoms with Gasteiger partial charge in [0.2, 0.25) is 17.7 Å². The Bertz CT molecular complexity index is 934. The van der Waals surface area contributed by atoms with Gasteiger partial charge in [-0.2, -0.15) is 4.39 Å². The van der Waals surface area contributed by atoms with Crippen LogP contribution in [0.3, 0.4) is 0 Å². The number of benzene rings is 1. The molecule has 1 aromatic heterocycles. The summed E-state index contributed by atoms with van der Waals surface area (Å²) in [7, 11) is 0. The second kappa shape index (κ2) is 7.69. The van der Waals surface area contributed by atoms with Gasteiger partial charge in [0.1, 0.15) is 5.82 Å². The largest absolute Gasteiger partial charge is 0.339 e. The van der Waals surface area contributed by atoms with E-state index in [2.05, 4.69) is 9.97 Å². The van der Waals surface area contributed by atoms with Crippen LogP contribution < -0.4 is 10.5 Å². The van der Waals surface area contributed by atoms with Crippen molar-refractivity contribution in [1.29, 1.82) is 0 Å². The Labute approximate surface area is 161 Å². The average molecular weight is 388 g/mol. The first-order chi connectivity index (χ1) is 13.5. The van der Waals surface area contributed by atoms with Crippen LogP contribution in [0, 0.1) is 11.6 Å². The van der Waals surface area contributed by atoms with E-state index in [0.29, 0.717) is 44.1 Å². The molecule has 2 heterocycles. The topological polar surface area (TPSA) is 69.3 Å². The summed E-state index contributed by atoms with van der Waals surface area (Å²) < 4.78 is 27.6. The van der Waals surface area contributed by atoms with Crippen molar-refractivity contribution in [3.8, 4) is 0 Å². The lowest BCUT2D eigenvalue weighted by molar-refractivity contribution is -0.131. The van der Waals surface area contributed by atoms with Crippen LogP contribution in [0.2, 0.25) is 0 Å². The second-order valence-corrected chi connectivity index (χ2v) is 7.32. The maximum absolute atomic E-state index is 14.0. The molecule has 1 N–H and O–H groups in total. The summed E-state index contributed by atoms with van der Waals surface area (Å²) >= 11 is 0. The molecule has 1 saturated carbocycles. The van der Waals surface area contributed by atoms with Gasteiger partial charge in [0, 0.05) is 38.5 Å². The van der Waals surface area contributed by atoms with Crippen LogP contribution in [0.4, 0.5) is 14.7 Å². The molecule has 1 amide bonds. The fourth-order valence-corrected chi connectivity index (χ4v) is 3.51. The lowest BCUT2D eigenvalue weighted by atomic mass is 10.1. The highest BCUT2D eigenvalue weighted by atomic mass is 19.1. The van der Waals surface area contributed by atoms with Crippen molar-refractivity contribution >= 4 is 11.9 Å². The molecule has 1 aliphatic carbocycles. The third kappa shape index (κ3) is 3.90. The normalized spacial score (nSPS) is 17.1. The maximum Gasteiger partial charge on any atom is 0.288 e. The minimum absolute atomic E-state index is 0.0258. The Morgan fingerprint density at radius 2 is 1.86 bits per heavy atom. The van der Waals surface area contributed by atoms with Crippen molar-refractivity contribution < 1.29 is 13.6 Å². The number of rotatable bonds is 5. The zero-order chi connectivity index (χ0) is 19.7. The Morgan fingerprint density at radius 3 is 2.54 bits per heavy atom. The number of carbonyl (C=O) groups is 1. The minimum atomic E-state index is -0.784. The summed E-state index contributed by atoms with van der Waals surface area (Å²) in [6, 6.07) is 6.47. The standard InChI is InChI=1S/C20H22F2N4O2/c21-15-4-2-1-3-13(15)7-8-16(27)25-9-11-26(12-10-25)20-23-18(14-5-6-14)17(22)19(28)24-20/h1-4,14H,5-12H2,(H,23,24,28). The smallest absolute Gasteiger partial charge is 0.288 e. The highest BCUT2D eigenvalue weighted by Crippen LogP contribution is 2.39. The molecule has 1 aromatic carbocycles. The van der Waals surface area contributed by atoms with Crippen LogP contribution in [-0.2, 0) is 11.2 Å². The van der Waals surface area contributed by atoms with Crippen molar-refractivity contribution in [2.24, 2.45) is 0 Å². The number of H-pyrrole nitrogens is 1. The number of halogens is 2. The van der Waals surface area contributed by atoms with Crippen LogP contribution in [0.25, 0.3) is 0 Å². The van der Waals surface area contributed by atoms with E-state index < -0.39 is 11.4 Å². The molecule has 0 unspecified atom stereocenters. The average Bonchev–Trinajstić information content (AvgIpc) is 3.54. The number of hydrogen-bond donors (Lipinski definition) is 1. The fraction of sp³-hybridized carbons (Fsp3) is 0.450. The van der Waals surface area contributed by atoms with Crippen molar-refractivity contribution in [3.05, 3.63) is 57.5 Å². The Morgan fingerprint density at radius 1 is 1.14 bits per heavy atom. The lowest BCUT2D eigenvalue weighted by Crippen LogP contribution is -2.49. The molecule has 1 saturated heterocycles. The van der Waals surface area contributed by atoms with Gasteiger partial charge in [-0.05, 0) is 30.9 Å². The molecule has 6 nitrogen and oxygen atoms in total. The molecule has 4 rings (SSSR count). The molecule has 1 aliphatic heterocycles. The summed E-state index contributed by atoms with van der Waals surface area (Å²) in [4.78, 5) is 34.7. The van der Waals surface area contributed by atoms with Crippen LogP contribution in [0.1, 0.15) is 36.4 Å². The Balaban J connectivity index is 1.35. The second-order valence-electron chi connectivity index (χ2n) is 7.32. The van der Waals surface area contributed by atoms with Crippen LogP contribution in [0.15, 0.2) is 29.1 Å². The van der Waals surface area contributed by atoms with E-state index in [-0.39, 0.29) is 29.8 Å². The van der Waals surface area contributed by atoms with Crippen molar-refractivity contribution in [2.45, 2.75) is 31.6 Å². The molecular formula is C20H22F2N4O2. The van der Waals surface area contributed by atoms with Gasteiger partial charge in [0.15, 0.2) is 0 Å². The summed E-state index contributed by atoms with van der Waals surface area (Å²) in [5.74, 6) is -0.692. The van der Waals surface area contributed by atoms with E-state index in [1.807, 2.05) is 4.90 Å². The zero-order valence-corrected chi connectivity index (χ0v) is 15.5. The summed E-state index contributed by atoms with van der Waals surface area (Å²) in [6.07, 6.45) is 2.33. The Hall–Kier alpha value is -2.77. The lowest BCUT2D eigenvalue weighted by Gasteiger charge is -2.35. The molecule has 2 aromatic rings. The monoisotopic (exact) mass is 388 g/mol. The van der Waals surface area contributed by atoms with E-state index in [4.69, 9.17) is 0 Å². The summed E-state index contributed by atoms with van der Waals surface area (Å²) in [5.41, 5.74) is 0.0487. The predicted octanol–water partition coefficient (Wildman–Crippen LogP) is 2.21. The Kier molecular flexibility index (Phi) is 5.11. The third-order valence-corrected chi connectivity index (χ3v) is 5.34. The van der Waals surface area contributed by atoms with Crippen LogP contribution >= 0.6 is 0 Å². The van der Waals surface area contributed by atoms with E-state index in [0.717, 1.165) is 12.8 Å². The first-order valence-corrected chi connectivity index (χ1v) is 9.59. The summed E-state index contributed by atoms with van der Waals surface area (Å²) in [5, 5.41) is 0. The molecule has 28 heavy (non-hydrogen) atoms. The predicted molar refractivity (Wildman–Crippen MR) is 100 cm³/mol. The molecule has 2 fully saturated rings. The highest BCUT2D eigenvalue weighted by molar-refractivity contribution is 5.76. The van der Waals surface area contributed by atoms with Gasteiger partial charge in [-0.1, -0.05) is 18.2 Å². The van der Waals surface area contributed by atoms with Crippen molar-refractivity contribution in [2.75, 3.05) is 31.1 Å². The SMILES string of the molecule is O=C(CCc1ccccc1F)N1CCN(c2nc(C3CC3)c(F)c(=O)[nH]2)CC1. The molecule has 148 valence electrons. The van der Waals surface area contributed by atoms with Crippen LogP contribution in [0.5, 0.6) is 0 Å². The number of hydrogen-bond acceptors (Lipinski definition) is 4. The molecule has 0 spiro atoms. The molecule has 0 bridgehead atoms. The third-order valence-electron chi connectivity index (χ3n) is 5.34. The van der Waals surface area contributed by atoms with Gasteiger partial charge in [-0.25, -0.2) is 9.37 Å². The molecule has 8 heteroatoms. The van der Waals surface area contributed by atoms with Gasteiger partial charge in [-0.15, -0.1) is 0 Å². The first kappa shape index (κ1) is 18.6. The van der Waals surface area contributed by atoms with E-state index in [1.54, 1.807) is 23.1 Å². The van der Waals surface area contributed by atoms with E-state index in [1.165, 1.54) is 6.07 Å². The number of anilines is 1. The van der Waals surface area contributed by atoms with Gasteiger partial charge in [0.25, 0.3) is 5.56 Å². The molecular weight excluding hydrogens is 366 g/mol. The molecule has 2 aliphatic rings. The number of piperazine rings is 1. The van der Waals surface area contributed by atoms with Gasteiger partial charge < -0.3 is 9.80 Å². The number of aryl methyl sites for hydroxylation is 1. The molecule has 0 atom stereocenters. The van der Waals surface area contributed by atoms with Crippen molar-refractivity contribution in [3.63, 3.8) is 0 Å². The number of nitrogens with zero attached hydrogens (tertiary/aromatic N) is 3. The highest BCUT2D eigenvalue weighted by Gasteiger charge is 2.31. The van der Waals surface area contributed by atoms with Crippen molar-refractivity contribution in [1.82, 2.24) is 14.9 Å². The number of carbonyl (C=O) groups excluding carboxylic acids is 1.